The molecule has 0 unspecified atom stereocenters. The maximum Gasteiger partial charge on any atom is 0.257 e. The number of hydrogen-bond acceptors (Lipinski definition) is 4. The number of anilines is 1. The molecule has 2 rings (SSSR count). The molecule has 2 N–H and O–H groups in total. The molecular weight excluding hydrogens is 304 g/mol. The number of piperidine rings is 1. The van der Waals surface area contributed by atoms with Crippen LogP contribution < -0.4 is 10.6 Å². The highest BCUT2D eigenvalue weighted by Crippen LogP contribution is 2.21. The molecule has 0 saturated carbocycles. The number of carbonyl (C=O) groups is 2. The van der Waals surface area contributed by atoms with Crippen molar-refractivity contribution >= 4 is 17.6 Å². The molecule has 0 radical (unpaired) electrons. The first-order valence-corrected chi connectivity index (χ1v) is 8.81. The van der Waals surface area contributed by atoms with Crippen molar-refractivity contribution in [2.24, 2.45) is 5.92 Å². The van der Waals surface area contributed by atoms with E-state index in [9.17, 15) is 9.59 Å². The highest BCUT2D eigenvalue weighted by atomic mass is 16.2. The van der Waals surface area contributed by atoms with E-state index in [4.69, 9.17) is 0 Å². The maximum absolute atomic E-state index is 12.9. The number of rotatable bonds is 6. The van der Waals surface area contributed by atoms with Gasteiger partial charge in [-0.1, -0.05) is 6.92 Å². The van der Waals surface area contributed by atoms with Gasteiger partial charge < -0.3 is 15.5 Å². The summed E-state index contributed by atoms with van der Waals surface area (Å²) in [5.41, 5.74) is 0.570. The minimum Gasteiger partial charge on any atom is -0.367 e. The third kappa shape index (κ3) is 4.69. The average Bonchev–Trinajstić information content (AvgIpc) is 2.59. The molecule has 1 fully saturated rings. The van der Waals surface area contributed by atoms with Gasteiger partial charge in [0, 0.05) is 31.9 Å². The molecule has 0 bridgehead atoms. The van der Waals surface area contributed by atoms with Gasteiger partial charge in [0.25, 0.3) is 5.91 Å². The van der Waals surface area contributed by atoms with Crippen molar-refractivity contribution in [1.82, 2.24) is 15.2 Å². The van der Waals surface area contributed by atoms with E-state index in [1.807, 2.05) is 20.8 Å². The third-order valence-corrected chi connectivity index (χ3v) is 4.09. The lowest BCUT2D eigenvalue weighted by molar-refractivity contribution is -0.126. The molecule has 1 saturated heterocycles. The Hall–Kier alpha value is -2.11. The first kappa shape index (κ1) is 18.2. The zero-order valence-electron chi connectivity index (χ0n) is 14.8. The van der Waals surface area contributed by atoms with Gasteiger partial charge in [0.05, 0.1) is 11.5 Å². The van der Waals surface area contributed by atoms with Crippen LogP contribution in [0.4, 0.5) is 5.82 Å². The van der Waals surface area contributed by atoms with E-state index in [2.05, 4.69) is 15.6 Å². The summed E-state index contributed by atoms with van der Waals surface area (Å²) in [5, 5.41) is 6.15. The van der Waals surface area contributed by atoms with Crippen molar-refractivity contribution in [2.45, 2.75) is 46.1 Å². The molecular formula is C18H28N4O2. The summed E-state index contributed by atoms with van der Waals surface area (Å²) in [4.78, 5) is 31.2. The van der Waals surface area contributed by atoms with Crippen LogP contribution in [0, 0.1) is 5.92 Å². The molecule has 1 aliphatic heterocycles. The fraction of sp³-hybridized carbons (Fsp3) is 0.611. The van der Waals surface area contributed by atoms with Crippen LogP contribution in [0.1, 0.15) is 50.4 Å². The second kappa shape index (κ2) is 8.66. The van der Waals surface area contributed by atoms with Gasteiger partial charge in [-0.25, -0.2) is 4.98 Å². The number of nitrogens with zero attached hydrogens (tertiary/aromatic N) is 2. The Morgan fingerprint density at radius 2 is 2.21 bits per heavy atom. The second-order valence-corrected chi connectivity index (χ2v) is 6.58. The molecule has 6 nitrogen and oxygen atoms in total. The van der Waals surface area contributed by atoms with Crippen molar-refractivity contribution in [1.29, 1.82) is 0 Å². The summed E-state index contributed by atoms with van der Waals surface area (Å²) in [6, 6.07) is 3.76. The third-order valence-electron chi connectivity index (χ3n) is 4.09. The Morgan fingerprint density at radius 3 is 2.92 bits per heavy atom. The molecule has 24 heavy (non-hydrogen) atoms. The fourth-order valence-corrected chi connectivity index (χ4v) is 2.90. The molecule has 0 aliphatic carbocycles. The minimum absolute atomic E-state index is 0.0563. The Balaban J connectivity index is 2.08. The van der Waals surface area contributed by atoms with Gasteiger partial charge in [0.15, 0.2) is 0 Å². The van der Waals surface area contributed by atoms with Gasteiger partial charge in [-0.05, 0) is 45.2 Å². The molecule has 1 aromatic rings. The number of nitrogens with one attached hydrogen (secondary N) is 2. The zero-order valence-corrected chi connectivity index (χ0v) is 14.8. The monoisotopic (exact) mass is 332 g/mol. The predicted octanol–water partition coefficient (Wildman–Crippen LogP) is 2.28. The number of carbonyl (C=O) groups excluding carboxylic acids is 2. The number of aromatic nitrogens is 1. The van der Waals surface area contributed by atoms with Crippen LogP contribution in [0.3, 0.4) is 0 Å². The van der Waals surface area contributed by atoms with Crippen molar-refractivity contribution in [3.63, 3.8) is 0 Å². The van der Waals surface area contributed by atoms with Gasteiger partial charge >= 0.3 is 0 Å². The number of pyridine rings is 1. The molecule has 1 aromatic heterocycles. The maximum atomic E-state index is 12.9. The fourth-order valence-electron chi connectivity index (χ4n) is 2.90. The molecule has 2 heterocycles. The summed E-state index contributed by atoms with van der Waals surface area (Å²) < 4.78 is 0. The zero-order chi connectivity index (χ0) is 17.5. The topological polar surface area (TPSA) is 74.3 Å². The summed E-state index contributed by atoms with van der Waals surface area (Å²) >= 11 is 0. The Morgan fingerprint density at radius 1 is 1.42 bits per heavy atom. The molecule has 132 valence electrons. The van der Waals surface area contributed by atoms with E-state index in [1.54, 1.807) is 23.2 Å². The summed E-state index contributed by atoms with van der Waals surface area (Å²) in [6.07, 6.45) is 4.28. The summed E-state index contributed by atoms with van der Waals surface area (Å²) in [7, 11) is 0. The van der Waals surface area contributed by atoms with Crippen LogP contribution in [-0.4, -0.2) is 47.4 Å². The smallest absolute Gasteiger partial charge is 0.257 e. The van der Waals surface area contributed by atoms with Gasteiger partial charge in [0.1, 0.15) is 5.82 Å². The molecule has 0 spiro atoms. The molecule has 1 aliphatic rings. The molecule has 1 atom stereocenters. The first-order chi connectivity index (χ1) is 11.5. The van der Waals surface area contributed by atoms with Gasteiger partial charge in [-0.15, -0.1) is 0 Å². The van der Waals surface area contributed by atoms with E-state index >= 15 is 0 Å². The van der Waals surface area contributed by atoms with Crippen LogP contribution in [0.2, 0.25) is 0 Å². The van der Waals surface area contributed by atoms with E-state index in [0.717, 1.165) is 19.3 Å². The van der Waals surface area contributed by atoms with Crippen LogP contribution >= 0.6 is 0 Å². The quantitative estimate of drug-likeness (QED) is 0.838. The van der Waals surface area contributed by atoms with E-state index in [-0.39, 0.29) is 23.8 Å². The first-order valence-electron chi connectivity index (χ1n) is 8.81. The molecule has 0 aromatic carbocycles. The average molecular weight is 332 g/mol. The molecule has 2 amide bonds. The van der Waals surface area contributed by atoms with Crippen LogP contribution in [-0.2, 0) is 4.79 Å². The minimum atomic E-state index is -0.118. The number of hydrogen-bond donors (Lipinski definition) is 2. The Kier molecular flexibility index (Phi) is 6.58. The lowest BCUT2D eigenvalue weighted by Gasteiger charge is -2.32. The van der Waals surface area contributed by atoms with Crippen molar-refractivity contribution in [2.75, 3.05) is 25.0 Å². The predicted molar refractivity (Wildman–Crippen MR) is 94.9 cm³/mol. The summed E-state index contributed by atoms with van der Waals surface area (Å²) in [6.45, 7) is 7.91. The number of likely N-dealkylation sites (tertiary alicyclic amines) is 1. The summed E-state index contributed by atoms with van der Waals surface area (Å²) in [5.74, 6) is 0.489. The van der Waals surface area contributed by atoms with Crippen molar-refractivity contribution < 1.29 is 9.59 Å². The normalized spacial score (nSPS) is 17.7. The second-order valence-electron chi connectivity index (χ2n) is 6.58. The molecule has 6 heteroatoms. The van der Waals surface area contributed by atoms with Gasteiger partial charge in [0.2, 0.25) is 5.91 Å². The number of amides is 2. The van der Waals surface area contributed by atoms with Gasteiger partial charge in [-0.3, -0.25) is 9.59 Å². The van der Waals surface area contributed by atoms with E-state index in [1.165, 1.54) is 0 Å². The standard InChI is InChI=1S/C18H28N4O2/c1-4-9-20-17(23)14-7-6-11-22(12-14)18(24)15-8-5-10-19-16(15)21-13(2)3/h5,8,10,13-14H,4,6-7,9,11-12H2,1-3H3,(H,19,21)(H,20,23)/t14-/m0/s1. The van der Waals surface area contributed by atoms with Crippen LogP contribution in [0.15, 0.2) is 18.3 Å². The lowest BCUT2D eigenvalue weighted by Crippen LogP contribution is -2.45. The largest absolute Gasteiger partial charge is 0.367 e. The van der Waals surface area contributed by atoms with Gasteiger partial charge in [-0.2, -0.15) is 0 Å². The highest BCUT2D eigenvalue weighted by Gasteiger charge is 2.29. The lowest BCUT2D eigenvalue weighted by atomic mass is 9.96. The van der Waals surface area contributed by atoms with E-state index in [0.29, 0.717) is 31.0 Å². The van der Waals surface area contributed by atoms with Crippen molar-refractivity contribution in [3.05, 3.63) is 23.9 Å². The van der Waals surface area contributed by atoms with Crippen LogP contribution in [0.25, 0.3) is 0 Å². The van der Waals surface area contributed by atoms with Crippen LogP contribution in [0.5, 0.6) is 0 Å². The Bertz CT molecular complexity index is 574. The highest BCUT2D eigenvalue weighted by molar-refractivity contribution is 5.99. The SMILES string of the molecule is CCCNC(=O)[C@H]1CCCN(C(=O)c2cccnc2NC(C)C)C1. The van der Waals surface area contributed by atoms with Crippen molar-refractivity contribution in [3.8, 4) is 0 Å². The Labute approximate surface area is 144 Å². The van der Waals surface area contributed by atoms with E-state index < -0.39 is 0 Å².